The zero-order valence-electron chi connectivity index (χ0n) is 16.8. The molecule has 1 fully saturated rings. The Hall–Kier alpha value is -2.11. The minimum absolute atomic E-state index is 0.202. The van der Waals surface area contributed by atoms with Gasteiger partial charge in [-0.1, -0.05) is 18.2 Å². The van der Waals surface area contributed by atoms with Crippen LogP contribution in [0.1, 0.15) is 11.1 Å². The summed E-state index contributed by atoms with van der Waals surface area (Å²) in [4.78, 5) is 4.33. The van der Waals surface area contributed by atoms with E-state index >= 15 is 0 Å². The highest BCUT2D eigenvalue weighted by Gasteiger charge is 2.57. The Kier molecular flexibility index (Phi) is 6.27. The fourth-order valence-electron chi connectivity index (χ4n) is 3.78. The predicted octanol–water partition coefficient (Wildman–Crippen LogP) is 0.979. The Balaban J connectivity index is 1.67. The van der Waals surface area contributed by atoms with Crippen LogP contribution in [0.4, 0.5) is 0 Å². The van der Waals surface area contributed by atoms with Crippen molar-refractivity contribution >= 4 is 22.7 Å². The number of aromatic amines is 1. The fourth-order valence-corrected chi connectivity index (χ4v) is 4.19. The number of thioether (sulfide) groups is 1. The molecule has 0 unspecified atom stereocenters. The second-order valence-corrected chi connectivity index (χ2v) is 8.40. The molecule has 4 rings (SSSR count). The zero-order chi connectivity index (χ0) is 22.2. The van der Waals surface area contributed by atoms with Gasteiger partial charge in [-0.25, -0.2) is 0 Å². The Morgan fingerprint density at radius 2 is 1.87 bits per heavy atom. The van der Waals surface area contributed by atoms with Crippen molar-refractivity contribution in [3.63, 3.8) is 0 Å². The highest BCUT2D eigenvalue weighted by Crippen LogP contribution is 2.36. The van der Waals surface area contributed by atoms with Gasteiger partial charge >= 0.3 is 0 Å². The van der Waals surface area contributed by atoms with Crippen molar-refractivity contribution in [1.82, 2.24) is 4.98 Å². The number of rotatable bonds is 6. The summed E-state index contributed by atoms with van der Waals surface area (Å²) in [6, 6.07) is 13.3. The number of H-pyrrole nitrogens is 1. The molecule has 1 aliphatic heterocycles. The average Bonchev–Trinajstić information content (AvgIpc) is 3.19. The normalized spacial score (nSPS) is 28.7. The van der Waals surface area contributed by atoms with Crippen LogP contribution in [0.5, 0.6) is 5.75 Å². The number of ether oxygens (including phenoxy) is 2. The third-order valence-corrected chi connectivity index (χ3v) is 6.29. The highest BCUT2D eigenvalue weighted by molar-refractivity contribution is 7.98. The molecule has 8 nitrogen and oxygen atoms in total. The van der Waals surface area contributed by atoms with Gasteiger partial charge < -0.3 is 40.0 Å². The molecule has 0 amide bonds. The van der Waals surface area contributed by atoms with Crippen molar-refractivity contribution in [1.29, 1.82) is 0 Å². The number of hydrogen-bond donors (Lipinski definition) is 6. The molecule has 1 saturated heterocycles. The van der Waals surface area contributed by atoms with Crippen molar-refractivity contribution in [2.75, 3.05) is 12.9 Å². The van der Waals surface area contributed by atoms with E-state index in [1.54, 1.807) is 23.9 Å². The van der Waals surface area contributed by atoms with Crippen LogP contribution in [-0.2, 0) is 11.2 Å². The van der Waals surface area contributed by atoms with Gasteiger partial charge in [-0.3, -0.25) is 0 Å². The Morgan fingerprint density at radius 1 is 1.13 bits per heavy atom. The monoisotopic (exact) mass is 447 g/mol. The first-order valence-electron chi connectivity index (χ1n) is 9.81. The van der Waals surface area contributed by atoms with Crippen LogP contribution in [0.2, 0.25) is 0 Å². The summed E-state index contributed by atoms with van der Waals surface area (Å²) in [5.41, 5.74) is 2.71. The second-order valence-electron chi connectivity index (χ2n) is 7.52. The first-order chi connectivity index (χ1) is 14.9. The minimum atomic E-state index is -2.63. The molecular weight excluding hydrogens is 422 g/mol. The number of benzene rings is 2. The lowest BCUT2D eigenvalue weighted by Gasteiger charge is -2.45. The molecule has 9 heteroatoms. The van der Waals surface area contributed by atoms with E-state index in [2.05, 4.69) is 4.98 Å². The number of hydrogen-bond acceptors (Lipinski definition) is 8. The molecule has 6 N–H and O–H groups in total. The second kappa shape index (κ2) is 8.79. The first kappa shape index (κ1) is 22.1. The Morgan fingerprint density at radius 3 is 2.55 bits per heavy atom. The van der Waals surface area contributed by atoms with Gasteiger partial charge in [0.2, 0.25) is 6.29 Å². The van der Waals surface area contributed by atoms with E-state index < -0.39 is 37.0 Å². The number of fused-ring (bicyclic) bond motifs is 1. The van der Waals surface area contributed by atoms with Crippen LogP contribution in [0.25, 0.3) is 10.9 Å². The molecule has 3 aromatic rings. The van der Waals surface area contributed by atoms with Crippen LogP contribution in [0.3, 0.4) is 0 Å². The molecule has 31 heavy (non-hydrogen) atoms. The van der Waals surface area contributed by atoms with E-state index in [0.717, 1.165) is 21.5 Å². The number of aliphatic hydroxyl groups is 5. The van der Waals surface area contributed by atoms with Crippen molar-refractivity contribution in [3.05, 3.63) is 59.8 Å². The molecule has 0 saturated carbocycles. The summed E-state index contributed by atoms with van der Waals surface area (Å²) in [6.07, 6.45) is -2.37. The molecule has 0 aliphatic carbocycles. The van der Waals surface area contributed by atoms with Gasteiger partial charge in [0.15, 0.2) is 6.10 Å². The minimum Gasteiger partial charge on any atom is -0.454 e. The summed E-state index contributed by atoms with van der Waals surface area (Å²) in [5, 5.41) is 51.6. The molecular formula is C22H25NO7S. The lowest BCUT2D eigenvalue weighted by molar-refractivity contribution is -0.385. The van der Waals surface area contributed by atoms with E-state index in [4.69, 9.17) is 9.47 Å². The maximum atomic E-state index is 10.9. The van der Waals surface area contributed by atoms with Crippen molar-refractivity contribution < 1.29 is 35.0 Å². The van der Waals surface area contributed by atoms with E-state index in [0.29, 0.717) is 11.8 Å². The van der Waals surface area contributed by atoms with E-state index in [1.807, 2.05) is 42.8 Å². The standard InChI is InChI=1S/C22H25NO7S/c1-31-14-7-5-12(6-8-14)9-13-10-23-15-3-2-4-16(18(13)15)30-22(28)20(26)19(25)17(11-24)29-21(22)27/h2-8,10,17,19-21,23-28H,9,11H2,1H3/t17-,19-,20+,21+,22+/m1/s1. The van der Waals surface area contributed by atoms with Crippen LogP contribution in [-0.4, -0.2) is 73.8 Å². The van der Waals surface area contributed by atoms with Crippen molar-refractivity contribution in [2.45, 2.75) is 41.7 Å². The van der Waals surface area contributed by atoms with Gasteiger partial charge in [-0.05, 0) is 48.1 Å². The topological polar surface area (TPSA) is 135 Å². The van der Waals surface area contributed by atoms with Gasteiger partial charge in [0.1, 0.15) is 18.0 Å². The molecule has 2 heterocycles. The largest absolute Gasteiger partial charge is 0.454 e. The van der Waals surface area contributed by atoms with E-state index in [-0.39, 0.29) is 5.75 Å². The van der Waals surface area contributed by atoms with Crippen molar-refractivity contribution in [3.8, 4) is 5.75 Å². The molecule has 1 aromatic heterocycles. The lowest BCUT2D eigenvalue weighted by Crippen LogP contribution is -2.69. The first-order valence-corrected chi connectivity index (χ1v) is 11.0. The van der Waals surface area contributed by atoms with Crippen LogP contribution < -0.4 is 4.74 Å². The smallest absolute Gasteiger partial charge is 0.288 e. The number of aliphatic hydroxyl groups excluding tert-OH is 4. The molecule has 1 aliphatic rings. The summed E-state index contributed by atoms with van der Waals surface area (Å²) in [6.45, 7) is -0.641. The van der Waals surface area contributed by atoms with Crippen LogP contribution in [0, 0.1) is 0 Å². The molecule has 166 valence electrons. The molecule has 0 bridgehead atoms. The van der Waals surface area contributed by atoms with Gasteiger partial charge in [-0.15, -0.1) is 11.8 Å². The third kappa shape index (κ3) is 4.06. The van der Waals surface area contributed by atoms with E-state index in [1.165, 1.54) is 0 Å². The summed E-state index contributed by atoms with van der Waals surface area (Å²) in [7, 11) is 0. The summed E-state index contributed by atoms with van der Waals surface area (Å²) in [5.74, 6) is -2.43. The van der Waals surface area contributed by atoms with Crippen LogP contribution in [0.15, 0.2) is 53.6 Å². The molecule has 2 aromatic carbocycles. The van der Waals surface area contributed by atoms with E-state index in [9.17, 15) is 25.5 Å². The van der Waals surface area contributed by atoms with Gasteiger partial charge in [-0.2, -0.15) is 0 Å². The predicted molar refractivity (Wildman–Crippen MR) is 115 cm³/mol. The fraction of sp³-hybridized carbons (Fsp3) is 0.364. The summed E-state index contributed by atoms with van der Waals surface area (Å²) < 4.78 is 10.7. The SMILES string of the molecule is CSc1ccc(Cc2c[nH]c3cccc(O[C@]4(O)[C@@H](O)O[C@H](CO)[C@@H](O)[C@@H]4O)c23)cc1. The third-order valence-electron chi connectivity index (χ3n) is 5.54. The maximum absolute atomic E-state index is 10.9. The maximum Gasteiger partial charge on any atom is 0.288 e. The molecule has 0 spiro atoms. The van der Waals surface area contributed by atoms with Gasteiger partial charge in [0, 0.05) is 22.0 Å². The zero-order valence-corrected chi connectivity index (χ0v) is 17.6. The highest BCUT2D eigenvalue weighted by atomic mass is 32.2. The molecule has 5 atom stereocenters. The Bertz CT molecular complexity index is 1040. The van der Waals surface area contributed by atoms with Gasteiger partial charge in [0.25, 0.3) is 5.79 Å². The molecule has 0 radical (unpaired) electrons. The average molecular weight is 448 g/mol. The quantitative estimate of drug-likeness (QED) is 0.243. The number of nitrogens with one attached hydrogen (secondary N) is 1. The Labute approximate surface area is 183 Å². The summed E-state index contributed by atoms with van der Waals surface area (Å²) >= 11 is 1.66. The number of aromatic nitrogens is 1. The van der Waals surface area contributed by atoms with Gasteiger partial charge in [0.05, 0.1) is 6.61 Å². The van der Waals surface area contributed by atoms with Crippen LogP contribution >= 0.6 is 11.8 Å². The van der Waals surface area contributed by atoms with Crippen molar-refractivity contribution in [2.24, 2.45) is 0 Å². The lowest BCUT2D eigenvalue weighted by atomic mass is 9.95.